The lowest BCUT2D eigenvalue weighted by molar-refractivity contribution is 0.308. The molecular weight excluding hydrogens is 230 g/mol. The number of ether oxygens (including phenoxy) is 1. The van der Waals surface area contributed by atoms with E-state index in [1.807, 2.05) is 6.92 Å². The van der Waals surface area contributed by atoms with Crippen LogP contribution in [-0.4, -0.2) is 26.5 Å². The van der Waals surface area contributed by atoms with Crippen molar-refractivity contribution < 1.29 is 9.15 Å². The third kappa shape index (κ3) is 2.60. The quantitative estimate of drug-likeness (QED) is 0.843. The molecule has 16 heavy (non-hydrogen) atoms. The van der Waals surface area contributed by atoms with Gasteiger partial charge in [0.15, 0.2) is 0 Å². The molecule has 2 rings (SSSR count). The molecule has 0 aliphatic carbocycles. The van der Waals surface area contributed by atoms with Gasteiger partial charge in [-0.3, -0.25) is 0 Å². The van der Waals surface area contributed by atoms with E-state index in [-0.39, 0.29) is 12.0 Å². The molecule has 0 aromatic carbocycles. The molecule has 0 bridgehead atoms. The highest BCUT2D eigenvalue weighted by atomic mass is 32.2. The first-order valence-electron chi connectivity index (χ1n) is 4.49. The van der Waals surface area contributed by atoms with Gasteiger partial charge in [0, 0.05) is 11.8 Å². The van der Waals surface area contributed by atoms with Gasteiger partial charge in [-0.2, -0.15) is 15.0 Å². The summed E-state index contributed by atoms with van der Waals surface area (Å²) in [4.78, 5) is 15.7. The molecule has 0 aliphatic heterocycles. The third-order valence-electron chi connectivity index (χ3n) is 1.47. The predicted molar refractivity (Wildman–Crippen MR) is 56.0 cm³/mol. The fourth-order valence-corrected chi connectivity index (χ4v) is 1.57. The Balaban J connectivity index is 2.20. The fourth-order valence-electron chi connectivity index (χ4n) is 0.931. The molecule has 0 unspecified atom stereocenters. The summed E-state index contributed by atoms with van der Waals surface area (Å²) in [5.41, 5.74) is 5.51. The number of aromatic nitrogens is 4. The van der Waals surface area contributed by atoms with Crippen molar-refractivity contribution in [1.82, 2.24) is 19.9 Å². The van der Waals surface area contributed by atoms with Crippen LogP contribution in [0.1, 0.15) is 6.92 Å². The Kier molecular flexibility index (Phi) is 3.20. The van der Waals surface area contributed by atoms with Gasteiger partial charge in [-0.1, -0.05) is 0 Å². The van der Waals surface area contributed by atoms with Crippen LogP contribution in [0, 0.1) is 0 Å². The highest BCUT2D eigenvalue weighted by Crippen LogP contribution is 2.23. The SMILES string of the molecule is CCOc1nc(N)nc(Sc2ncco2)n1. The molecule has 8 heteroatoms. The molecule has 0 fully saturated rings. The Hall–Kier alpha value is -1.83. The van der Waals surface area contributed by atoms with E-state index in [1.54, 1.807) is 0 Å². The number of rotatable bonds is 4. The van der Waals surface area contributed by atoms with Gasteiger partial charge in [0.05, 0.1) is 12.8 Å². The van der Waals surface area contributed by atoms with E-state index in [9.17, 15) is 0 Å². The average Bonchev–Trinajstić information content (AvgIpc) is 2.70. The van der Waals surface area contributed by atoms with Crippen LogP contribution >= 0.6 is 11.8 Å². The molecular formula is C8H9N5O2S. The van der Waals surface area contributed by atoms with Crippen LogP contribution in [0.15, 0.2) is 27.3 Å². The highest BCUT2D eigenvalue weighted by Gasteiger charge is 2.09. The smallest absolute Gasteiger partial charge is 0.322 e. The van der Waals surface area contributed by atoms with Crippen molar-refractivity contribution in [3.05, 3.63) is 12.5 Å². The van der Waals surface area contributed by atoms with Crippen LogP contribution in [0.2, 0.25) is 0 Å². The molecule has 0 atom stereocenters. The second-order valence-corrected chi connectivity index (χ2v) is 3.51. The summed E-state index contributed by atoms with van der Waals surface area (Å²) in [7, 11) is 0. The monoisotopic (exact) mass is 239 g/mol. The van der Waals surface area contributed by atoms with Gasteiger partial charge in [-0.25, -0.2) is 4.98 Å². The van der Waals surface area contributed by atoms with E-state index in [0.717, 1.165) is 11.8 Å². The van der Waals surface area contributed by atoms with Gasteiger partial charge in [-0.05, 0) is 6.92 Å². The lowest BCUT2D eigenvalue weighted by Gasteiger charge is -2.02. The van der Waals surface area contributed by atoms with E-state index in [1.165, 1.54) is 12.5 Å². The van der Waals surface area contributed by atoms with E-state index >= 15 is 0 Å². The zero-order valence-electron chi connectivity index (χ0n) is 8.45. The summed E-state index contributed by atoms with van der Waals surface area (Å²) in [6, 6.07) is 0.198. The van der Waals surface area contributed by atoms with Gasteiger partial charge in [0.2, 0.25) is 11.1 Å². The summed E-state index contributed by atoms with van der Waals surface area (Å²) in [5, 5.41) is 0.825. The van der Waals surface area contributed by atoms with Crippen molar-refractivity contribution >= 4 is 17.7 Å². The molecule has 0 radical (unpaired) electrons. The number of hydrogen-bond acceptors (Lipinski definition) is 8. The molecule has 0 saturated heterocycles. The van der Waals surface area contributed by atoms with Crippen LogP contribution < -0.4 is 10.5 Å². The van der Waals surface area contributed by atoms with Crippen LogP contribution in [0.25, 0.3) is 0 Å². The molecule has 0 saturated carbocycles. The second-order valence-electron chi connectivity index (χ2n) is 2.59. The Bertz CT molecular complexity index is 461. The van der Waals surface area contributed by atoms with Gasteiger partial charge < -0.3 is 14.9 Å². The molecule has 0 aliphatic rings. The minimum absolute atomic E-state index is 0.104. The Labute approximate surface area is 95.5 Å². The van der Waals surface area contributed by atoms with Crippen LogP contribution in [-0.2, 0) is 0 Å². The first-order valence-corrected chi connectivity index (χ1v) is 5.31. The van der Waals surface area contributed by atoms with Crippen molar-refractivity contribution in [2.24, 2.45) is 0 Å². The van der Waals surface area contributed by atoms with Gasteiger partial charge in [0.1, 0.15) is 6.26 Å². The van der Waals surface area contributed by atoms with E-state index in [4.69, 9.17) is 14.9 Å². The minimum Gasteiger partial charge on any atom is -0.464 e. The number of oxazole rings is 1. The summed E-state index contributed by atoms with van der Waals surface area (Å²) < 4.78 is 10.2. The van der Waals surface area contributed by atoms with Crippen molar-refractivity contribution in [2.45, 2.75) is 17.3 Å². The molecule has 2 N–H and O–H groups in total. The normalized spacial score (nSPS) is 10.3. The lowest BCUT2D eigenvalue weighted by Crippen LogP contribution is -2.04. The van der Waals surface area contributed by atoms with Crippen molar-refractivity contribution in [3.63, 3.8) is 0 Å². The molecule has 0 spiro atoms. The molecule has 7 nitrogen and oxygen atoms in total. The molecule has 84 valence electrons. The van der Waals surface area contributed by atoms with Crippen molar-refractivity contribution in [1.29, 1.82) is 0 Å². The van der Waals surface area contributed by atoms with Crippen molar-refractivity contribution in [2.75, 3.05) is 12.3 Å². The summed E-state index contributed by atoms with van der Waals surface area (Å²) in [6.07, 6.45) is 3.01. The third-order valence-corrected chi connectivity index (χ3v) is 2.21. The Morgan fingerprint density at radius 1 is 1.44 bits per heavy atom. The zero-order chi connectivity index (χ0) is 11.4. The van der Waals surface area contributed by atoms with Crippen LogP contribution in [0.5, 0.6) is 6.01 Å². The number of nitrogens with zero attached hydrogens (tertiary/aromatic N) is 4. The lowest BCUT2D eigenvalue weighted by atomic mass is 10.8. The Morgan fingerprint density at radius 2 is 2.31 bits per heavy atom. The van der Waals surface area contributed by atoms with Gasteiger partial charge in [-0.15, -0.1) is 0 Å². The maximum Gasteiger partial charge on any atom is 0.322 e. The predicted octanol–water partition coefficient (Wildman–Crippen LogP) is 0.992. The number of nitrogens with two attached hydrogens (primary N) is 1. The van der Waals surface area contributed by atoms with E-state index in [0.29, 0.717) is 17.0 Å². The first kappa shape index (κ1) is 10.7. The molecule has 2 aromatic heterocycles. The Morgan fingerprint density at radius 3 is 3.00 bits per heavy atom. The maximum absolute atomic E-state index is 5.51. The van der Waals surface area contributed by atoms with Crippen LogP contribution in [0.3, 0.4) is 0 Å². The summed E-state index contributed by atoms with van der Waals surface area (Å²) in [5.74, 6) is 0.104. The largest absolute Gasteiger partial charge is 0.464 e. The van der Waals surface area contributed by atoms with Crippen molar-refractivity contribution in [3.8, 4) is 6.01 Å². The van der Waals surface area contributed by atoms with Crippen LogP contribution in [0.4, 0.5) is 5.95 Å². The molecule has 2 heterocycles. The topological polar surface area (TPSA) is 100.0 Å². The number of anilines is 1. The average molecular weight is 239 g/mol. The first-order chi connectivity index (χ1) is 7.78. The summed E-state index contributed by atoms with van der Waals surface area (Å²) in [6.45, 7) is 2.30. The number of hydrogen-bond donors (Lipinski definition) is 1. The van der Waals surface area contributed by atoms with Gasteiger partial charge in [0.25, 0.3) is 5.22 Å². The summed E-state index contributed by atoms with van der Waals surface area (Å²) >= 11 is 1.15. The van der Waals surface area contributed by atoms with E-state index < -0.39 is 0 Å². The molecule has 2 aromatic rings. The second kappa shape index (κ2) is 4.79. The van der Waals surface area contributed by atoms with E-state index in [2.05, 4.69) is 19.9 Å². The fraction of sp³-hybridized carbons (Fsp3) is 0.250. The number of nitrogen functional groups attached to an aromatic ring is 1. The maximum atomic E-state index is 5.51. The zero-order valence-corrected chi connectivity index (χ0v) is 9.27. The highest BCUT2D eigenvalue weighted by molar-refractivity contribution is 7.98. The standard InChI is InChI=1S/C8H9N5O2S/c1-2-14-6-11-5(9)12-7(13-6)16-8-10-3-4-15-8/h3-4H,2H2,1H3,(H2,9,11,12,13). The van der Waals surface area contributed by atoms with Gasteiger partial charge >= 0.3 is 6.01 Å². The minimum atomic E-state index is 0.104. The molecule has 0 amide bonds.